The number of aryl methyl sites for hydroxylation is 1. The maximum absolute atomic E-state index is 13.2. The second-order valence-electron chi connectivity index (χ2n) is 15.2. The van der Waals surface area contributed by atoms with E-state index in [2.05, 4.69) is 23.1 Å². The molecule has 56 heavy (non-hydrogen) atoms. The van der Waals surface area contributed by atoms with Crippen molar-refractivity contribution in [2.75, 3.05) is 25.6 Å². The quantitative estimate of drug-likeness (QED) is 0.0428. The van der Waals surface area contributed by atoms with Crippen LogP contribution in [0.5, 0.6) is 0 Å². The number of phosphoric ester groups is 1. The first kappa shape index (κ1) is 45.3. The van der Waals surface area contributed by atoms with Gasteiger partial charge in [0.05, 0.1) is 37.1 Å². The zero-order valence-electron chi connectivity index (χ0n) is 33.1. The number of hydrogen-bond donors (Lipinski definition) is 4. The summed E-state index contributed by atoms with van der Waals surface area (Å²) < 4.78 is 37.1. The molecule has 1 fully saturated rings. The lowest BCUT2D eigenvalue weighted by Gasteiger charge is -2.26. The number of fused-ring (bicyclic) bond motifs is 1. The summed E-state index contributed by atoms with van der Waals surface area (Å²) in [5, 5.41) is 45.4. The topological polar surface area (TPSA) is 218 Å². The summed E-state index contributed by atoms with van der Waals surface area (Å²) in [6, 6.07) is 12.7. The number of aromatic nitrogens is 3. The Labute approximate surface area is 331 Å². The fraction of sp³-hybridized carbons (Fsp3) is 0.659. The monoisotopic (exact) mass is 796 g/mol. The second-order valence-corrected chi connectivity index (χ2v) is 16.6. The zero-order chi connectivity index (χ0) is 40.4. The molecule has 14 nitrogen and oxygen atoms in total. The lowest BCUT2D eigenvalue weighted by Crippen LogP contribution is -2.45. The first-order valence-electron chi connectivity index (χ1n) is 20.3. The fourth-order valence-corrected chi connectivity index (χ4v) is 8.09. The largest absolute Gasteiger partial charge is 0.472 e. The smallest absolute Gasteiger partial charge is 0.387 e. The molecule has 1 aliphatic rings. The molecule has 1 saturated heterocycles. The Bertz CT molecular complexity index is 1780. The molecule has 3 heterocycles. The van der Waals surface area contributed by atoms with Crippen molar-refractivity contribution in [3.05, 3.63) is 59.0 Å². The summed E-state index contributed by atoms with van der Waals surface area (Å²) >= 11 is 0. The van der Waals surface area contributed by atoms with Gasteiger partial charge in [-0.2, -0.15) is 15.6 Å². The first-order chi connectivity index (χ1) is 27.0. The van der Waals surface area contributed by atoms with Crippen LogP contribution in [0.4, 0.5) is 5.82 Å². The number of ether oxygens (including phenoxy) is 2. The summed E-state index contributed by atoms with van der Waals surface area (Å²) in [7, 11) is -4.77. The number of nitrogens with two attached hydrogens (primary N) is 1. The minimum absolute atomic E-state index is 0.158. The average Bonchev–Trinajstić information content (AvgIpc) is 3.73. The molecule has 3 aromatic rings. The molecular weight excluding hydrogens is 735 g/mol. The minimum Gasteiger partial charge on any atom is -0.387 e. The Morgan fingerprint density at radius 1 is 0.946 bits per heavy atom. The van der Waals surface area contributed by atoms with Crippen LogP contribution in [0, 0.1) is 35.5 Å². The van der Waals surface area contributed by atoms with Crippen molar-refractivity contribution in [3.63, 3.8) is 0 Å². The zero-order valence-corrected chi connectivity index (χ0v) is 34.0. The van der Waals surface area contributed by atoms with E-state index in [1.807, 2.05) is 19.1 Å². The summed E-state index contributed by atoms with van der Waals surface area (Å²) in [5.41, 5.74) is 6.79. The van der Waals surface area contributed by atoms with Crippen LogP contribution >= 0.6 is 7.82 Å². The molecule has 1 aromatic carbocycles. The first-order valence-corrected chi connectivity index (χ1v) is 21.8. The number of benzene rings is 1. The van der Waals surface area contributed by atoms with Gasteiger partial charge >= 0.3 is 7.82 Å². The third-order valence-corrected chi connectivity index (χ3v) is 11.4. The van der Waals surface area contributed by atoms with E-state index in [1.54, 1.807) is 24.3 Å². The van der Waals surface area contributed by atoms with Crippen LogP contribution in [-0.2, 0) is 29.7 Å². The van der Waals surface area contributed by atoms with Gasteiger partial charge in [0, 0.05) is 5.92 Å². The lowest BCUT2D eigenvalue weighted by molar-refractivity contribution is -0.0749. The van der Waals surface area contributed by atoms with Gasteiger partial charge in [0.1, 0.15) is 42.8 Å². The number of anilines is 1. The number of nitrogens with zero attached hydrogens (tertiary/aromatic N) is 5. The predicted molar refractivity (Wildman–Crippen MR) is 212 cm³/mol. The van der Waals surface area contributed by atoms with Gasteiger partial charge in [-0.05, 0) is 48.7 Å². The number of hydrogen-bond acceptors (Lipinski definition) is 12. The standard InChI is InChI=1S/C41H61N6O8P/c1-3-4-5-6-7-8-9-10-11-12-13-14-15-16-17-18-32(25-52-26-34-22-31(2)21-33(23-34)24-42)27-53-56(50,51)54-29-41(28-43)39(49)37(48)38(55-41)35-19-20-36-40(44)45-30-46-47(35)36/h19-23,30,32,37-39,48-49H,3-18,25-27,29H2,1-2H3,(H,50,51)(H2,44,45,46)/t32-,37-,38-,39-,41+/m0/s1. The molecule has 2 aromatic heterocycles. The number of unbranched alkanes of at least 4 members (excludes halogenated alkanes) is 14. The van der Waals surface area contributed by atoms with Crippen molar-refractivity contribution in [2.24, 2.45) is 5.92 Å². The van der Waals surface area contributed by atoms with Gasteiger partial charge in [0.25, 0.3) is 0 Å². The van der Waals surface area contributed by atoms with E-state index < -0.39 is 38.3 Å². The number of aliphatic hydroxyl groups is 2. The van der Waals surface area contributed by atoms with Crippen molar-refractivity contribution in [1.82, 2.24) is 14.6 Å². The fourth-order valence-electron chi connectivity index (χ4n) is 7.26. The Kier molecular flexibility index (Phi) is 18.7. The average molecular weight is 797 g/mol. The maximum atomic E-state index is 13.2. The van der Waals surface area contributed by atoms with Crippen LogP contribution in [0.3, 0.4) is 0 Å². The van der Waals surface area contributed by atoms with Gasteiger partial charge < -0.3 is 30.3 Å². The Balaban J connectivity index is 1.25. The van der Waals surface area contributed by atoms with Gasteiger partial charge in [-0.25, -0.2) is 14.1 Å². The van der Waals surface area contributed by atoms with Crippen molar-refractivity contribution in [3.8, 4) is 12.1 Å². The van der Waals surface area contributed by atoms with E-state index in [0.717, 1.165) is 30.4 Å². The van der Waals surface area contributed by atoms with Crippen LogP contribution in [0.25, 0.3) is 5.52 Å². The highest BCUT2D eigenvalue weighted by Gasteiger charge is 2.57. The molecule has 6 atom stereocenters. The molecule has 0 saturated carbocycles. The highest BCUT2D eigenvalue weighted by Crippen LogP contribution is 2.48. The van der Waals surface area contributed by atoms with E-state index in [9.17, 15) is 30.2 Å². The number of aliphatic hydroxyl groups excluding tert-OH is 2. The molecule has 1 unspecified atom stereocenters. The normalized spacial score (nSPS) is 21.2. The SMILES string of the molecule is CCCCCCCCCCCCCCCCC[C@@H](COCc1cc(C)cc(C#N)c1)COP(=O)(O)OC[C@@]1(C#N)O[C@@H](c2ccc3c(N)ncnn23)[C@H](O)[C@@H]1O. The van der Waals surface area contributed by atoms with Crippen molar-refractivity contribution in [1.29, 1.82) is 10.5 Å². The van der Waals surface area contributed by atoms with Crippen LogP contribution in [0.1, 0.15) is 138 Å². The molecule has 15 heteroatoms. The third-order valence-electron chi connectivity index (χ3n) is 10.5. The molecule has 0 aliphatic carbocycles. The molecule has 0 amide bonds. The summed E-state index contributed by atoms with van der Waals surface area (Å²) in [6.45, 7) is 3.65. The van der Waals surface area contributed by atoms with Crippen LogP contribution in [0.2, 0.25) is 0 Å². The molecule has 5 N–H and O–H groups in total. The molecule has 4 rings (SSSR count). The molecule has 1 aliphatic heterocycles. The highest BCUT2D eigenvalue weighted by molar-refractivity contribution is 7.47. The molecule has 0 radical (unpaired) electrons. The van der Waals surface area contributed by atoms with E-state index in [-0.39, 0.29) is 37.3 Å². The van der Waals surface area contributed by atoms with Crippen LogP contribution < -0.4 is 5.73 Å². The Morgan fingerprint density at radius 3 is 2.21 bits per heavy atom. The molecule has 0 spiro atoms. The van der Waals surface area contributed by atoms with Gasteiger partial charge in [0.15, 0.2) is 5.82 Å². The van der Waals surface area contributed by atoms with Crippen LogP contribution in [0.15, 0.2) is 36.7 Å². The minimum atomic E-state index is -4.77. The van der Waals surface area contributed by atoms with Gasteiger partial charge in [0.2, 0.25) is 5.60 Å². The van der Waals surface area contributed by atoms with Gasteiger partial charge in [-0.15, -0.1) is 0 Å². The van der Waals surface area contributed by atoms with E-state index >= 15 is 0 Å². The van der Waals surface area contributed by atoms with Crippen molar-refractivity contribution < 1.29 is 38.2 Å². The number of nitrogen functional groups attached to an aromatic ring is 1. The summed E-state index contributed by atoms with van der Waals surface area (Å²) in [6.07, 6.45) is 16.0. The lowest BCUT2D eigenvalue weighted by atomic mass is 9.96. The molecule has 308 valence electrons. The Hall–Kier alpha value is -3.43. The van der Waals surface area contributed by atoms with E-state index in [0.29, 0.717) is 17.5 Å². The third kappa shape index (κ3) is 13.6. The second kappa shape index (κ2) is 23.1. The van der Waals surface area contributed by atoms with E-state index in [1.165, 1.54) is 87.9 Å². The van der Waals surface area contributed by atoms with Crippen molar-refractivity contribution in [2.45, 2.75) is 147 Å². The maximum Gasteiger partial charge on any atom is 0.472 e. The molecule has 0 bridgehead atoms. The summed E-state index contributed by atoms with van der Waals surface area (Å²) in [5.74, 6) is -0.0676. The van der Waals surface area contributed by atoms with Gasteiger partial charge in [-0.3, -0.25) is 9.05 Å². The van der Waals surface area contributed by atoms with Crippen LogP contribution in [-0.4, -0.2) is 67.3 Å². The predicted octanol–water partition coefficient (Wildman–Crippen LogP) is 7.78. The van der Waals surface area contributed by atoms with Gasteiger partial charge in [-0.1, -0.05) is 109 Å². The Morgan fingerprint density at radius 2 is 1.59 bits per heavy atom. The number of nitriles is 2. The highest BCUT2D eigenvalue weighted by atomic mass is 31.2. The number of phosphoric acid groups is 1. The summed E-state index contributed by atoms with van der Waals surface area (Å²) in [4.78, 5) is 14.6. The van der Waals surface area contributed by atoms with Crippen molar-refractivity contribution >= 4 is 19.2 Å². The van der Waals surface area contributed by atoms with E-state index in [4.69, 9.17) is 24.3 Å². The number of rotatable bonds is 27. The molecular formula is C41H61N6O8P.